The molecule has 4 heteroatoms. The minimum Gasteiger partial charge on any atom is -0.399 e. The number of amidine groups is 1. The van der Waals surface area contributed by atoms with Gasteiger partial charge in [0.25, 0.3) is 0 Å². The summed E-state index contributed by atoms with van der Waals surface area (Å²) in [6.07, 6.45) is 2.38. The minimum absolute atomic E-state index is 0.294. The lowest BCUT2D eigenvalue weighted by Crippen LogP contribution is -2.41. The third-order valence-corrected chi connectivity index (χ3v) is 3.55. The van der Waals surface area contributed by atoms with Crippen molar-refractivity contribution in [2.75, 3.05) is 18.9 Å². The van der Waals surface area contributed by atoms with E-state index in [1.54, 1.807) is 0 Å². The van der Waals surface area contributed by atoms with Crippen LogP contribution < -0.4 is 11.5 Å². The van der Waals surface area contributed by atoms with Crippen molar-refractivity contribution >= 4 is 11.5 Å². The number of rotatable bonds is 2. The Bertz CT molecular complexity index is 467. The second-order valence-corrected chi connectivity index (χ2v) is 4.92. The zero-order valence-corrected chi connectivity index (χ0v) is 9.73. The number of anilines is 1. The molecule has 1 atom stereocenters. The van der Waals surface area contributed by atoms with E-state index in [1.807, 2.05) is 18.2 Å². The molecule has 0 saturated heterocycles. The predicted octanol–water partition coefficient (Wildman–Crippen LogP) is 1.26. The molecule has 0 bridgehead atoms. The highest BCUT2D eigenvalue weighted by atomic mass is 16.5. The summed E-state index contributed by atoms with van der Waals surface area (Å²) >= 11 is 0. The molecule has 0 unspecified atom stereocenters. The highest BCUT2D eigenvalue weighted by molar-refractivity contribution is 5.82. The molecule has 1 heterocycles. The topological polar surface area (TPSA) is 73.6 Å². The third kappa shape index (κ3) is 1.78. The van der Waals surface area contributed by atoms with Crippen LogP contribution in [-0.4, -0.2) is 19.0 Å². The highest BCUT2D eigenvalue weighted by Gasteiger charge is 2.48. The predicted molar refractivity (Wildman–Crippen MR) is 67.7 cm³/mol. The molecule has 17 heavy (non-hydrogen) atoms. The summed E-state index contributed by atoms with van der Waals surface area (Å²) in [6, 6.07) is 7.92. The first kappa shape index (κ1) is 10.6. The van der Waals surface area contributed by atoms with Crippen molar-refractivity contribution in [2.45, 2.75) is 18.4 Å². The van der Waals surface area contributed by atoms with Crippen molar-refractivity contribution in [3.8, 4) is 0 Å². The van der Waals surface area contributed by atoms with E-state index in [0.717, 1.165) is 11.3 Å². The van der Waals surface area contributed by atoms with Crippen molar-refractivity contribution in [2.24, 2.45) is 16.6 Å². The van der Waals surface area contributed by atoms with Crippen molar-refractivity contribution in [1.82, 2.24) is 0 Å². The Morgan fingerprint density at radius 1 is 1.29 bits per heavy atom. The van der Waals surface area contributed by atoms with E-state index in [2.05, 4.69) is 6.07 Å². The number of nitrogens with zero attached hydrogens (tertiary/aromatic N) is 1. The van der Waals surface area contributed by atoms with Gasteiger partial charge < -0.3 is 16.2 Å². The standard InChI is InChI=1S/C13H17N3O/c14-11-3-1-2-10(6-11)13(9-4-5-9)8-17-7-12(15)16-13/h1-3,6,9H,4-5,7-8,14H2,(H2,15,16)/t13-/m1/s1. The van der Waals surface area contributed by atoms with Gasteiger partial charge >= 0.3 is 0 Å². The van der Waals surface area contributed by atoms with Gasteiger partial charge in [0.05, 0.1) is 6.61 Å². The average molecular weight is 231 g/mol. The second kappa shape index (κ2) is 3.74. The van der Waals surface area contributed by atoms with Gasteiger partial charge in [0.2, 0.25) is 0 Å². The van der Waals surface area contributed by atoms with Crippen LogP contribution in [0.15, 0.2) is 29.3 Å². The maximum absolute atomic E-state index is 5.86. The Hall–Kier alpha value is -1.55. The van der Waals surface area contributed by atoms with Crippen molar-refractivity contribution in [3.63, 3.8) is 0 Å². The number of nitrogens with two attached hydrogens (primary N) is 2. The van der Waals surface area contributed by atoms with Crippen LogP contribution in [0.5, 0.6) is 0 Å². The largest absolute Gasteiger partial charge is 0.399 e. The van der Waals surface area contributed by atoms with Crippen LogP contribution in [0.25, 0.3) is 0 Å². The Morgan fingerprint density at radius 3 is 2.76 bits per heavy atom. The smallest absolute Gasteiger partial charge is 0.121 e. The quantitative estimate of drug-likeness (QED) is 0.752. The molecule has 1 aromatic carbocycles. The lowest BCUT2D eigenvalue weighted by Gasteiger charge is -2.34. The van der Waals surface area contributed by atoms with Gasteiger partial charge in [0, 0.05) is 5.69 Å². The molecule has 2 aliphatic rings. The maximum atomic E-state index is 5.86. The van der Waals surface area contributed by atoms with Crippen molar-refractivity contribution in [1.29, 1.82) is 0 Å². The lowest BCUT2D eigenvalue weighted by atomic mass is 9.85. The first-order valence-corrected chi connectivity index (χ1v) is 5.99. The van der Waals surface area contributed by atoms with E-state index < -0.39 is 0 Å². The summed E-state index contributed by atoms with van der Waals surface area (Å²) in [5, 5.41) is 0. The van der Waals surface area contributed by atoms with E-state index >= 15 is 0 Å². The molecule has 0 radical (unpaired) electrons. The molecule has 1 fully saturated rings. The molecular formula is C13H17N3O. The van der Waals surface area contributed by atoms with E-state index in [4.69, 9.17) is 21.2 Å². The number of nitrogen functional groups attached to an aromatic ring is 1. The molecule has 1 saturated carbocycles. The lowest BCUT2D eigenvalue weighted by molar-refractivity contribution is 0.0860. The first-order chi connectivity index (χ1) is 8.21. The van der Waals surface area contributed by atoms with Crippen LogP contribution in [0.2, 0.25) is 0 Å². The zero-order valence-electron chi connectivity index (χ0n) is 9.73. The molecule has 1 aliphatic carbocycles. The number of hydrogen-bond donors (Lipinski definition) is 2. The Morgan fingerprint density at radius 2 is 2.12 bits per heavy atom. The molecular weight excluding hydrogens is 214 g/mol. The molecule has 0 aromatic heterocycles. The minimum atomic E-state index is -0.294. The van der Waals surface area contributed by atoms with Gasteiger partial charge in [-0.25, -0.2) is 0 Å². The molecule has 90 valence electrons. The Kier molecular flexibility index (Phi) is 2.33. The van der Waals surface area contributed by atoms with Gasteiger partial charge in [-0.15, -0.1) is 0 Å². The molecule has 1 aliphatic heterocycles. The SMILES string of the molecule is NC1=N[C@@](c2cccc(N)c2)(C2CC2)COC1. The van der Waals surface area contributed by atoms with Crippen LogP contribution in [-0.2, 0) is 10.3 Å². The van der Waals surface area contributed by atoms with Crippen LogP contribution in [0.1, 0.15) is 18.4 Å². The molecule has 4 N–H and O–H groups in total. The van der Waals surface area contributed by atoms with Gasteiger partial charge in [-0.2, -0.15) is 0 Å². The van der Waals surface area contributed by atoms with Gasteiger partial charge in [-0.3, -0.25) is 4.99 Å². The summed E-state index contributed by atoms with van der Waals surface area (Å²) < 4.78 is 5.60. The van der Waals surface area contributed by atoms with E-state index in [9.17, 15) is 0 Å². The van der Waals surface area contributed by atoms with Crippen LogP contribution >= 0.6 is 0 Å². The highest BCUT2D eigenvalue weighted by Crippen LogP contribution is 2.49. The van der Waals surface area contributed by atoms with E-state index in [0.29, 0.717) is 25.0 Å². The van der Waals surface area contributed by atoms with Gasteiger partial charge in [-0.05, 0) is 36.5 Å². The molecule has 0 amide bonds. The number of aliphatic imine (C=N–C) groups is 1. The molecule has 1 aromatic rings. The van der Waals surface area contributed by atoms with E-state index in [-0.39, 0.29) is 5.54 Å². The van der Waals surface area contributed by atoms with Gasteiger partial charge in [-0.1, -0.05) is 12.1 Å². The van der Waals surface area contributed by atoms with E-state index in [1.165, 1.54) is 12.8 Å². The zero-order chi connectivity index (χ0) is 11.9. The molecule has 4 nitrogen and oxygen atoms in total. The summed E-state index contributed by atoms with van der Waals surface area (Å²) in [4.78, 5) is 4.70. The maximum Gasteiger partial charge on any atom is 0.121 e. The number of benzene rings is 1. The van der Waals surface area contributed by atoms with Crippen molar-refractivity contribution < 1.29 is 4.74 Å². The Balaban J connectivity index is 2.08. The van der Waals surface area contributed by atoms with Crippen LogP contribution in [0, 0.1) is 5.92 Å². The molecule has 0 spiro atoms. The van der Waals surface area contributed by atoms with Gasteiger partial charge in [0.15, 0.2) is 0 Å². The number of hydrogen-bond acceptors (Lipinski definition) is 4. The van der Waals surface area contributed by atoms with Gasteiger partial charge in [0.1, 0.15) is 18.0 Å². The summed E-state index contributed by atoms with van der Waals surface area (Å²) in [5.41, 5.74) is 13.3. The first-order valence-electron chi connectivity index (χ1n) is 5.99. The summed E-state index contributed by atoms with van der Waals surface area (Å²) in [6.45, 7) is 1.05. The van der Waals surface area contributed by atoms with Crippen LogP contribution in [0.4, 0.5) is 5.69 Å². The monoisotopic (exact) mass is 231 g/mol. The fraction of sp³-hybridized carbons (Fsp3) is 0.462. The average Bonchev–Trinajstić information content (AvgIpc) is 3.13. The van der Waals surface area contributed by atoms with Crippen LogP contribution in [0.3, 0.4) is 0 Å². The second-order valence-electron chi connectivity index (χ2n) is 4.92. The summed E-state index contributed by atoms with van der Waals surface area (Å²) in [5.74, 6) is 1.13. The third-order valence-electron chi connectivity index (χ3n) is 3.55. The van der Waals surface area contributed by atoms with Crippen molar-refractivity contribution in [3.05, 3.63) is 29.8 Å². The summed E-state index contributed by atoms with van der Waals surface area (Å²) in [7, 11) is 0. The Labute approximate surface area is 101 Å². The normalized spacial score (nSPS) is 28.8. The fourth-order valence-corrected chi connectivity index (χ4v) is 2.59. The number of ether oxygens (including phenoxy) is 1. The fourth-order valence-electron chi connectivity index (χ4n) is 2.59. The molecule has 3 rings (SSSR count).